The number of aromatic nitrogens is 1. The van der Waals surface area contributed by atoms with E-state index in [-0.39, 0.29) is 11.5 Å². The molecule has 6 heteroatoms. The van der Waals surface area contributed by atoms with Crippen LogP contribution in [0.2, 0.25) is 0 Å². The van der Waals surface area contributed by atoms with Crippen molar-refractivity contribution in [3.05, 3.63) is 17.8 Å². The number of hydrogen-bond acceptors (Lipinski definition) is 6. The molecular weight excluding hydrogens is 328 g/mol. The van der Waals surface area contributed by atoms with Crippen LogP contribution in [0, 0.1) is 0 Å². The molecular formula is C20H36N4O2. The van der Waals surface area contributed by atoms with Crippen LogP contribution in [-0.4, -0.2) is 85.3 Å². The van der Waals surface area contributed by atoms with E-state index in [2.05, 4.69) is 47.4 Å². The maximum Gasteiger partial charge on any atom is 0.211 e. The van der Waals surface area contributed by atoms with Crippen molar-refractivity contribution >= 4 is 0 Å². The van der Waals surface area contributed by atoms with Crippen molar-refractivity contribution in [3.63, 3.8) is 0 Å². The second-order valence-electron chi connectivity index (χ2n) is 8.67. The number of nitrogens with zero attached hydrogens (tertiary/aromatic N) is 4. The Bertz CT molecular complexity index is 538. The van der Waals surface area contributed by atoms with Gasteiger partial charge in [0.15, 0.2) is 0 Å². The van der Waals surface area contributed by atoms with Gasteiger partial charge in [0.1, 0.15) is 5.76 Å². The van der Waals surface area contributed by atoms with Crippen molar-refractivity contribution in [2.24, 2.45) is 0 Å². The Labute approximate surface area is 158 Å². The Morgan fingerprint density at radius 1 is 1.00 bits per heavy atom. The molecule has 1 aromatic heterocycles. The van der Waals surface area contributed by atoms with Crippen LogP contribution in [-0.2, 0) is 10.2 Å². The standard InChI is InChI=1S/C20H36N4O2/c1-17(19-21-16-18(26-19)20(2,3)4)24-11-9-23(10-12-24)8-7-22-6-5-14-25-15-13-22/h16-17H,5-15H2,1-4H3. The predicted molar refractivity (Wildman–Crippen MR) is 104 cm³/mol. The van der Waals surface area contributed by atoms with Gasteiger partial charge in [0.25, 0.3) is 0 Å². The van der Waals surface area contributed by atoms with Crippen molar-refractivity contribution in [1.82, 2.24) is 19.7 Å². The van der Waals surface area contributed by atoms with E-state index >= 15 is 0 Å². The normalized spacial score (nSPS) is 23.1. The Kier molecular flexibility index (Phi) is 6.72. The maximum absolute atomic E-state index is 6.04. The zero-order chi connectivity index (χ0) is 18.6. The molecule has 0 amide bonds. The molecule has 0 spiro atoms. The van der Waals surface area contributed by atoms with Gasteiger partial charge in [0.05, 0.1) is 18.8 Å². The highest BCUT2D eigenvalue weighted by atomic mass is 16.5. The van der Waals surface area contributed by atoms with Crippen LogP contribution in [0.5, 0.6) is 0 Å². The lowest BCUT2D eigenvalue weighted by Crippen LogP contribution is -2.49. The minimum absolute atomic E-state index is 0.0159. The predicted octanol–water partition coefficient (Wildman–Crippen LogP) is 2.37. The van der Waals surface area contributed by atoms with E-state index in [1.165, 1.54) is 6.54 Å². The number of piperazine rings is 1. The first-order valence-electron chi connectivity index (χ1n) is 10.2. The quantitative estimate of drug-likeness (QED) is 0.799. The first kappa shape index (κ1) is 19.8. The number of rotatable bonds is 5. The Morgan fingerprint density at radius 3 is 2.35 bits per heavy atom. The average Bonchev–Trinajstić information content (AvgIpc) is 2.98. The highest BCUT2D eigenvalue weighted by molar-refractivity contribution is 5.07. The summed E-state index contributed by atoms with van der Waals surface area (Å²) in [6.45, 7) is 19.5. The van der Waals surface area contributed by atoms with Gasteiger partial charge in [-0.1, -0.05) is 20.8 Å². The molecule has 2 aliphatic rings. The largest absolute Gasteiger partial charge is 0.443 e. The second-order valence-corrected chi connectivity index (χ2v) is 8.67. The molecule has 0 N–H and O–H groups in total. The molecule has 1 atom stereocenters. The second kappa shape index (κ2) is 8.83. The third-order valence-electron chi connectivity index (χ3n) is 5.62. The molecule has 0 aliphatic carbocycles. The molecule has 1 aromatic rings. The van der Waals surface area contributed by atoms with Crippen LogP contribution in [0.25, 0.3) is 0 Å². The molecule has 3 heterocycles. The highest BCUT2D eigenvalue weighted by Gasteiger charge is 2.27. The van der Waals surface area contributed by atoms with E-state index < -0.39 is 0 Å². The topological polar surface area (TPSA) is 45.0 Å². The minimum Gasteiger partial charge on any atom is -0.443 e. The number of ether oxygens (including phenoxy) is 1. The summed E-state index contributed by atoms with van der Waals surface area (Å²) in [4.78, 5) is 12.2. The fourth-order valence-corrected chi connectivity index (χ4v) is 3.66. The summed E-state index contributed by atoms with van der Waals surface area (Å²) in [5.41, 5.74) is 0.0159. The highest BCUT2D eigenvalue weighted by Crippen LogP contribution is 2.27. The van der Waals surface area contributed by atoms with Crippen molar-refractivity contribution in [1.29, 1.82) is 0 Å². The molecule has 0 bridgehead atoms. The van der Waals surface area contributed by atoms with Gasteiger partial charge in [-0.05, 0) is 13.3 Å². The van der Waals surface area contributed by atoms with Crippen LogP contribution in [0.15, 0.2) is 10.6 Å². The third kappa shape index (κ3) is 5.28. The van der Waals surface area contributed by atoms with Crippen molar-refractivity contribution < 1.29 is 9.15 Å². The van der Waals surface area contributed by atoms with Crippen LogP contribution < -0.4 is 0 Å². The van der Waals surface area contributed by atoms with E-state index in [1.54, 1.807) is 0 Å². The van der Waals surface area contributed by atoms with Crippen molar-refractivity contribution in [3.8, 4) is 0 Å². The summed E-state index contributed by atoms with van der Waals surface area (Å²) < 4.78 is 11.6. The summed E-state index contributed by atoms with van der Waals surface area (Å²) in [6.07, 6.45) is 3.06. The Morgan fingerprint density at radius 2 is 1.69 bits per heavy atom. The maximum atomic E-state index is 6.04. The molecule has 2 fully saturated rings. The summed E-state index contributed by atoms with van der Waals surface area (Å²) in [7, 11) is 0. The first-order chi connectivity index (χ1) is 12.4. The zero-order valence-electron chi connectivity index (χ0n) is 17.0. The third-order valence-corrected chi connectivity index (χ3v) is 5.62. The van der Waals surface area contributed by atoms with Gasteiger partial charge in [0.2, 0.25) is 5.89 Å². The lowest BCUT2D eigenvalue weighted by atomic mass is 9.94. The van der Waals surface area contributed by atoms with Gasteiger partial charge in [-0.15, -0.1) is 0 Å². The fraction of sp³-hybridized carbons (Fsp3) is 0.850. The summed E-state index contributed by atoms with van der Waals surface area (Å²) in [5.74, 6) is 1.83. The summed E-state index contributed by atoms with van der Waals surface area (Å²) in [6, 6.07) is 0.246. The lowest BCUT2D eigenvalue weighted by Gasteiger charge is -2.37. The minimum atomic E-state index is 0.0159. The molecule has 0 saturated carbocycles. The van der Waals surface area contributed by atoms with E-state index in [0.717, 1.165) is 77.1 Å². The van der Waals surface area contributed by atoms with Crippen LogP contribution in [0.3, 0.4) is 0 Å². The average molecular weight is 365 g/mol. The summed E-state index contributed by atoms with van der Waals surface area (Å²) in [5, 5.41) is 0. The van der Waals surface area contributed by atoms with Crippen LogP contribution in [0.4, 0.5) is 0 Å². The van der Waals surface area contributed by atoms with Crippen molar-refractivity contribution in [2.75, 3.05) is 65.6 Å². The van der Waals surface area contributed by atoms with Gasteiger partial charge in [0, 0.05) is 64.4 Å². The zero-order valence-corrected chi connectivity index (χ0v) is 17.0. The molecule has 6 nitrogen and oxygen atoms in total. The number of oxazole rings is 1. The van der Waals surface area contributed by atoms with Crippen LogP contribution >= 0.6 is 0 Å². The molecule has 1 unspecified atom stereocenters. The lowest BCUT2D eigenvalue weighted by molar-refractivity contribution is 0.0819. The molecule has 148 valence electrons. The Hall–Kier alpha value is -0.950. The van der Waals surface area contributed by atoms with E-state index in [1.807, 2.05) is 6.20 Å². The van der Waals surface area contributed by atoms with Gasteiger partial charge in [-0.25, -0.2) is 4.98 Å². The molecule has 2 saturated heterocycles. The number of hydrogen-bond donors (Lipinski definition) is 0. The van der Waals surface area contributed by atoms with Crippen molar-refractivity contribution in [2.45, 2.75) is 45.6 Å². The smallest absolute Gasteiger partial charge is 0.211 e. The molecule has 3 rings (SSSR count). The van der Waals surface area contributed by atoms with Crippen LogP contribution in [0.1, 0.15) is 51.8 Å². The first-order valence-corrected chi connectivity index (χ1v) is 10.2. The molecule has 0 aromatic carbocycles. The Balaban J connectivity index is 1.43. The van der Waals surface area contributed by atoms with Gasteiger partial charge < -0.3 is 9.15 Å². The molecule has 26 heavy (non-hydrogen) atoms. The molecule has 2 aliphatic heterocycles. The van der Waals surface area contributed by atoms with Gasteiger partial charge >= 0.3 is 0 Å². The fourth-order valence-electron chi connectivity index (χ4n) is 3.66. The van der Waals surface area contributed by atoms with Gasteiger partial charge in [-0.3, -0.25) is 14.7 Å². The monoisotopic (exact) mass is 364 g/mol. The summed E-state index contributed by atoms with van der Waals surface area (Å²) >= 11 is 0. The SMILES string of the molecule is CC(c1ncc(C(C)(C)C)o1)N1CCN(CCN2CCCOCC2)CC1. The van der Waals surface area contributed by atoms with E-state index in [9.17, 15) is 0 Å². The van der Waals surface area contributed by atoms with E-state index in [0.29, 0.717) is 0 Å². The molecule has 0 radical (unpaired) electrons. The van der Waals surface area contributed by atoms with Gasteiger partial charge in [-0.2, -0.15) is 0 Å². The van der Waals surface area contributed by atoms with E-state index in [4.69, 9.17) is 9.15 Å².